The number of hydrogen-bond donors (Lipinski definition) is 2. The van der Waals surface area contributed by atoms with Crippen molar-refractivity contribution in [3.63, 3.8) is 0 Å². The number of ether oxygens (including phenoxy) is 3. The number of nitrogens with one attached hydrogen (secondary N) is 2. The van der Waals surface area contributed by atoms with Gasteiger partial charge in [0.15, 0.2) is 5.79 Å². The van der Waals surface area contributed by atoms with Crippen LogP contribution < -0.4 is 10.6 Å². The first-order valence-corrected chi connectivity index (χ1v) is 19.4. The van der Waals surface area contributed by atoms with Crippen molar-refractivity contribution in [3.8, 4) is 0 Å². The molecule has 0 aromatic carbocycles. The molecule has 2 N–H and O–H groups in total. The minimum absolute atomic E-state index is 0.0298. The van der Waals surface area contributed by atoms with Crippen molar-refractivity contribution >= 4 is 11.8 Å². The Bertz CT molecular complexity index is 1180. The van der Waals surface area contributed by atoms with Gasteiger partial charge in [-0.3, -0.25) is 14.5 Å². The number of fused-ring (bicyclic) bond motifs is 7. The van der Waals surface area contributed by atoms with Crippen LogP contribution in [-0.4, -0.2) is 80.6 Å². The zero-order valence-corrected chi connectivity index (χ0v) is 29.8. The molecule has 264 valence electrons. The summed E-state index contributed by atoms with van der Waals surface area (Å²) in [6.07, 6.45) is 15.0. The quantitative estimate of drug-likeness (QED) is 0.199. The molecule has 8 heteroatoms. The molecule has 7 aliphatic rings. The number of rotatable bonds is 8. The predicted molar refractivity (Wildman–Crippen MR) is 182 cm³/mol. The second kappa shape index (κ2) is 13.0. The van der Waals surface area contributed by atoms with Crippen LogP contribution in [0.15, 0.2) is 12.7 Å². The van der Waals surface area contributed by atoms with E-state index in [1.54, 1.807) is 0 Å². The lowest BCUT2D eigenvalue weighted by Gasteiger charge is -2.62. The van der Waals surface area contributed by atoms with Crippen molar-refractivity contribution in [3.05, 3.63) is 12.7 Å². The highest BCUT2D eigenvalue weighted by molar-refractivity contribution is 5.96. The van der Waals surface area contributed by atoms with Crippen molar-refractivity contribution in [2.24, 2.45) is 51.8 Å². The fraction of sp³-hybridized carbons (Fsp3) is 0.897. The van der Waals surface area contributed by atoms with E-state index in [0.717, 1.165) is 83.4 Å². The van der Waals surface area contributed by atoms with Gasteiger partial charge in [-0.1, -0.05) is 33.8 Å². The SMILES string of the molecule is C=C[C@]12[C@H](C[C@H]3[C@@H]4CC[C@@H]5C[C@H](NC(=O)CC(=O)NCCCN6CCOCC6)CC[C@]5(C)[C@H]4CC[C@@]31C)O[C@]1(CC[C@H](C)CO1)[C@H]2C. The van der Waals surface area contributed by atoms with Gasteiger partial charge in [-0.05, 0) is 111 Å². The number of carbonyl (C=O) groups excluding carboxylic acids is 2. The van der Waals surface area contributed by atoms with Crippen LogP contribution >= 0.6 is 0 Å². The molecule has 1 spiro atoms. The molecular weight excluding hydrogens is 590 g/mol. The standard InChI is InChI=1S/C39H63N3O5/c1-6-38-27(3)39(15-10-26(2)25-46-39)47-33(38)23-32-30-9-8-28-22-29(11-13-36(28,4)31(30)12-14-37(32,38)5)41-35(44)24-34(43)40-16-7-17-42-18-20-45-21-19-42/h6,26-33H,1,7-25H2,2-5H3,(H,40,43)(H,41,44)/t26-,27-,28+,29+,30+,31-,32-,33-,36-,37-,38-,39+/m0/s1. The Labute approximate surface area is 283 Å². The third kappa shape index (κ3) is 5.63. The molecule has 8 nitrogen and oxygen atoms in total. The summed E-state index contributed by atoms with van der Waals surface area (Å²) < 4.78 is 19.1. The molecule has 12 atom stereocenters. The Kier molecular flexibility index (Phi) is 9.41. The monoisotopic (exact) mass is 653 g/mol. The van der Waals surface area contributed by atoms with Crippen molar-refractivity contribution in [2.45, 2.75) is 123 Å². The van der Waals surface area contributed by atoms with E-state index in [2.05, 4.69) is 55.9 Å². The van der Waals surface area contributed by atoms with E-state index in [1.807, 2.05) is 0 Å². The molecule has 7 fully saturated rings. The molecular formula is C39H63N3O5. The van der Waals surface area contributed by atoms with Gasteiger partial charge in [0.25, 0.3) is 0 Å². The highest BCUT2D eigenvalue weighted by atomic mass is 16.7. The lowest BCUT2D eigenvalue weighted by atomic mass is 9.42. The van der Waals surface area contributed by atoms with E-state index in [4.69, 9.17) is 14.2 Å². The molecule has 0 unspecified atom stereocenters. The molecule has 47 heavy (non-hydrogen) atoms. The summed E-state index contributed by atoms with van der Waals surface area (Å²) in [5.74, 6) is 2.96. The maximum absolute atomic E-state index is 12.9. The van der Waals surface area contributed by atoms with Gasteiger partial charge in [0, 0.05) is 43.4 Å². The summed E-state index contributed by atoms with van der Waals surface area (Å²) in [6.45, 7) is 20.3. The zero-order valence-electron chi connectivity index (χ0n) is 29.8. The molecule has 2 amide bonds. The number of carbonyl (C=O) groups is 2. The third-order valence-corrected chi connectivity index (χ3v) is 15.5. The molecule has 4 aliphatic carbocycles. The summed E-state index contributed by atoms with van der Waals surface area (Å²) in [5, 5.41) is 6.23. The minimum atomic E-state index is -0.438. The lowest BCUT2D eigenvalue weighted by molar-refractivity contribution is -0.273. The smallest absolute Gasteiger partial charge is 0.229 e. The Hall–Kier alpha value is -1.48. The molecule has 3 saturated heterocycles. The lowest BCUT2D eigenvalue weighted by Crippen LogP contribution is -2.58. The Morgan fingerprint density at radius 1 is 0.957 bits per heavy atom. The van der Waals surface area contributed by atoms with Gasteiger partial charge in [0.05, 0.1) is 25.9 Å². The number of nitrogens with zero attached hydrogens (tertiary/aromatic N) is 1. The van der Waals surface area contributed by atoms with Gasteiger partial charge < -0.3 is 24.8 Å². The summed E-state index contributed by atoms with van der Waals surface area (Å²) in [5.41, 5.74) is 0.476. The fourth-order valence-corrected chi connectivity index (χ4v) is 12.8. The molecule has 0 aromatic rings. The van der Waals surface area contributed by atoms with Gasteiger partial charge >= 0.3 is 0 Å². The molecule has 0 bridgehead atoms. The largest absolute Gasteiger partial charge is 0.379 e. The average Bonchev–Trinajstić information content (AvgIpc) is 3.45. The molecule has 0 aromatic heterocycles. The Balaban J connectivity index is 0.932. The van der Waals surface area contributed by atoms with Crippen LogP contribution in [-0.2, 0) is 23.8 Å². The molecule has 7 rings (SSSR count). The van der Waals surface area contributed by atoms with E-state index < -0.39 is 5.79 Å². The van der Waals surface area contributed by atoms with E-state index in [-0.39, 0.29) is 41.2 Å². The summed E-state index contributed by atoms with van der Waals surface area (Å²) >= 11 is 0. The van der Waals surface area contributed by atoms with Crippen molar-refractivity contribution in [2.75, 3.05) is 46.0 Å². The van der Waals surface area contributed by atoms with E-state index in [1.165, 1.54) is 38.5 Å². The zero-order chi connectivity index (χ0) is 33.0. The van der Waals surface area contributed by atoms with Gasteiger partial charge in [-0.15, -0.1) is 6.58 Å². The Morgan fingerprint density at radius 2 is 1.77 bits per heavy atom. The van der Waals surface area contributed by atoms with Crippen LogP contribution in [0.5, 0.6) is 0 Å². The van der Waals surface area contributed by atoms with Crippen molar-refractivity contribution in [1.82, 2.24) is 15.5 Å². The van der Waals surface area contributed by atoms with Gasteiger partial charge in [0.1, 0.15) is 6.42 Å². The highest BCUT2D eigenvalue weighted by Gasteiger charge is 2.75. The van der Waals surface area contributed by atoms with E-state index in [0.29, 0.717) is 35.6 Å². The number of morpholine rings is 1. The van der Waals surface area contributed by atoms with Crippen LogP contribution in [0.3, 0.4) is 0 Å². The summed E-state index contributed by atoms with van der Waals surface area (Å²) in [4.78, 5) is 27.8. The summed E-state index contributed by atoms with van der Waals surface area (Å²) in [7, 11) is 0. The second-order valence-corrected chi connectivity index (χ2v) is 17.5. The first-order valence-electron chi connectivity index (χ1n) is 19.4. The first kappa shape index (κ1) is 34.0. The maximum atomic E-state index is 12.9. The molecule has 3 aliphatic heterocycles. The van der Waals surface area contributed by atoms with Gasteiger partial charge in [-0.2, -0.15) is 0 Å². The normalized spacial score (nSPS) is 47.7. The van der Waals surface area contributed by atoms with Crippen molar-refractivity contribution in [1.29, 1.82) is 0 Å². The third-order valence-electron chi connectivity index (χ3n) is 15.5. The van der Waals surface area contributed by atoms with Crippen LogP contribution in [0.4, 0.5) is 0 Å². The molecule has 4 saturated carbocycles. The average molecular weight is 654 g/mol. The Morgan fingerprint density at radius 3 is 2.51 bits per heavy atom. The predicted octanol–water partition coefficient (Wildman–Crippen LogP) is 5.70. The molecule has 3 heterocycles. The van der Waals surface area contributed by atoms with Gasteiger partial charge in [0.2, 0.25) is 11.8 Å². The van der Waals surface area contributed by atoms with Crippen LogP contribution in [0.1, 0.15) is 105 Å². The highest BCUT2D eigenvalue weighted by Crippen LogP contribution is 2.76. The fourth-order valence-electron chi connectivity index (χ4n) is 12.8. The number of hydrogen-bond acceptors (Lipinski definition) is 6. The number of amides is 2. The molecule has 0 radical (unpaired) electrons. The minimum Gasteiger partial charge on any atom is -0.379 e. The summed E-state index contributed by atoms with van der Waals surface area (Å²) in [6, 6.07) is 0.179. The van der Waals surface area contributed by atoms with E-state index >= 15 is 0 Å². The first-order chi connectivity index (χ1) is 22.5. The van der Waals surface area contributed by atoms with Crippen LogP contribution in [0.2, 0.25) is 0 Å². The van der Waals surface area contributed by atoms with Crippen LogP contribution in [0.25, 0.3) is 0 Å². The van der Waals surface area contributed by atoms with Gasteiger partial charge in [-0.25, -0.2) is 0 Å². The van der Waals surface area contributed by atoms with Crippen LogP contribution in [0, 0.1) is 51.8 Å². The second-order valence-electron chi connectivity index (χ2n) is 17.5. The maximum Gasteiger partial charge on any atom is 0.229 e. The van der Waals surface area contributed by atoms with Crippen molar-refractivity contribution < 1.29 is 23.8 Å². The topological polar surface area (TPSA) is 89.1 Å². The van der Waals surface area contributed by atoms with E-state index in [9.17, 15) is 9.59 Å².